The number of aryl methyl sites for hydroxylation is 1. The number of carbonyl (C=O) groups is 2. The number of benzene rings is 2. The first kappa shape index (κ1) is 17.6. The van der Waals surface area contributed by atoms with E-state index in [1.165, 1.54) is 5.56 Å². The molecule has 4 rings (SSSR count). The van der Waals surface area contributed by atoms with Gasteiger partial charge in [-0.05, 0) is 36.1 Å². The highest BCUT2D eigenvalue weighted by Crippen LogP contribution is 2.33. The lowest BCUT2D eigenvalue weighted by atomic mass is 9.96. The van der Waals surface area contributed by atoms with Crippen LogP contribution >= 0.6 is 11.6 Å². The molecule has 2 N–H and O–H groups in total. The van der Waals surface area contributed by atoms with E-state index < -0.39 is 6.04 Å². The Balaban J connectivity index is 1.47. The zero-order valence-corrected chi connectivity index (χ0v) is 15.5. The Labute approximate surface area is 163 Å². The number of amides is 3. The summed E-state index contributed by atoms with van der Waals surface area (Å²) in [7, 11) is 0. The van der Waals surface area contributed by atoms with Crippen LogP contribution in [0.5, 0.6) is 0 Å². The molecule has 5 nitrogen and oxygen atoms in total. The molecule has 2 aromatic rings. The van der Waals surface area contributed by atoms with Crippen LogP contribution in [-0.4, -0.2) is 29.9 Å². The molecule has 0 bridgehead atoms. The van der Waals surface area contributed by atoms with Gasteiger partial charge in [-0.3, -0.25) is 4.79 Å². The molecule has 1 atom stereocenters. The summed E-state index contributed by atoms with van der Waals surface area (Å²) in [5.41, 5.74) is 3.43. The standard InChI is InChI=1S/C21H20ClN3O2/c22-16-10-8-15(9-11-16)19-18-17(23-21(27)24-19)13-25(20(18)26)12-4-7-14-5-2-1-3-6-14/h1-3,5-6,8-11,19H,4,7,12-13H2,(H2,23,24,27)/t19-/m0/s1. The second-order valence-electron chi connectivity index (χ2n) is 6.79. The Morgan fingerprint density at radius 3 is 2.52 bits per heavy atom. The van der Waals surface area contributed by atoms with Crippen molar-refractivity contribution in [2.24, 2.45) is 0 Å². The van der Waals surface area contributed by atoms with Crippen LogP contribution in [-0.2, 0) is 11.2 Å². The topological polar surface area (TPSA) is 61.4 Å². The predicted octanol–water partition coefficient (Wildman–Crippen LogP) is 3.42. The third-order valence-electron chi connectivity index (χ3n) is 4.96. The van der Waals surface area contributed by atoms with E-state index in [9.17, 15) is 9.59 Å². The largest absolute Gasteiger partial charge is 0.333 e. The van der Waals surface area contributed by atoms with Crippen LogP contribution in [0.2, 0.25) is 5.02 Å². The van der Waals surface area contributed by atoms with Gasteiger partial charge in [-0.25, -0.2) is 4.79 Å². The van der Waals surface area contributed by atoms with Gasteiger partial charge in [0.15, 0.2) is 0 Å². The van der Waals surface area contributed by atoms with Crippen molar-refractivity contribution < 1.29 is 9.59 Å². The quantitative estimate of drug-likeness (QED) is 0.833. The molecule has 0 unspecified atom stereocenters. The normalized spacial score (nSPS) is 19.0. The van der Waals surface area contributed by atoms with Crippen LogP contribution < -0.4 is 10.6 Å². The Morgan fingerprint density at radius 2 is 1.78 bits per heavy atom. The predicted molar refractivity (Wildman–Crippen MR) is 104 cm³/mol. The molecular weight excluding hydrogens is 362 g/mol. The molecular formula is C21H20ClN3O2. The van der Waals surface area contributed by atoms with Gasteiger partial charge in [-0.2, -0.15) is 0 Å². The maximum absolute atomic E-state index is 13.0. The fraction of sp³-hybridized carbons (Fsp3) is 0.238. The highest BCUT2D eigenvalue weighted by atomic mass is 35.5. The summed E-state index contributed by atoms with van der Waals surface area (Å²) in [4.78, 5) is 26.9. The second kappa shape index (κ2) is 7.45. The number of nitrogens with one attached hydrogen (secondary N) is 2. The molecule has 0 aliphatic carbocycles. The molecule has 6 heteroatoms. The zero-order valence-electron chi connectivity index (χ0n) is 14.7. The molecule has 0 aromatic heterocycles. The molecule has 2 aliphatic rings. The fourth-order valence-corrected chi connectivity index (χ4v) is 3.76. The Hall–Kier alpha value is -2.79. The molecule has 0 saturated carbocycles. The lowest BCUT2D eigenvalue weighted by Crippen LogP contribution is -2.44. The SMILES string of the molecule is O=C1NC2=C(C(=O)N(CCCc3ccccc3)C2)[C@H](c2ccc(Cl)cc2)N1. The van der Waals surface area contributed by atoms with Gasteiger partial charge in [-0.1, -0.05) is 54.1 Å². The van der Waals surface area contributed by atoms with Gasteiger partial charge >= 0.3 is 6.03 Å². The van der Waals surface area contributed by atoms with E-state index >= 15 is 0 Å². The third-order valence-corrected chi connectivity index (χ3v) is 5.21. The monoisotopic (exact) mass is 381 g/mol. The summed E-state index contributed by atoms with van der Waals surface area (Å²) in [6.45, 7) is 1.10. The van der Waals surface area contributed by atoms with Gasteiger partial charge in [0.1, 0.15) is 0 Å². The van der Waals surface area contributed by atoms with Gasteiger partial charge in [-0.15, -0.1) is 0 Å². The molecule has 2 aromatic carbocycles. The molecule has 0 fully saturated rings. The molecule has 2 heterocycles. The molecule has 138 valence electrons. The van der Waals surface area contributed by atoms with Crippen LogP contribution in [0.15, 0.2) is 65.9 Å². The molecule has 3 amide bonds. The van der Waals surface area contributed by atoms with Crippen molar-refractivity contribution in [3.8, 4) is 0 Å². The van der Waals surface area contributed by atoms with Crippen molar-refractivity contribution in [1.29, 1.82) is 0 Å². The highest BCUT2D eigenvalue weighted by Gasteiger charge is 2.40. The maximum atomic E-state index is 13.0. The number of halogens is 1. The van der Waals surface area contributed by atoms with Crippen molar-refractivity contribution in [2.75, 3.05) is 13.1 Å². The number of carbonyl (C=O) groups excluding carboxylic acids is 2. The van der Waals surface area contributed by atoms with E-state index in [0.29, 0.717) is 29.4 Å². The van der Waals surface area contributed by atoms with Gasteiger partial charge in [0.05, 0.1) is 23.9 Å². The third kappa shape index (κ3) is 3.69. The smallest absolute Gasteiger partial charge is 0.319 e. The van der Waals surface area contributed by atoms with E-state index in [1.807, 2.05) is 35.2 Å². The molecule has 27 heavy (non-hydrogen) atoms. The Bertz CT molecular complexity index is 893. The molecule has 0 saturated heterocycles. The highest BCUT2D eigenvalue weighted by molar-refractivity contribution is 6.30. The lowest BCUT2D eigenvalue weighted by molar-refractivity contribution is -0.125. The van der Waals surface area contributed by atoms with Crippen LogP contribution in [0.3, 0.4) is 0 Å². The second-order valence-corrected chi connectivity index (χ2v) is 7.23. The molecule has 2 aliphatic heterocycles. The summed E-state index contributed by atoms with van der Waals surface area (Å²) in [5.74, 6) is -0.0227. The van der Waals surface area contributed by atoms with Crippen molar-refractivity contribution in [3.63, 3.8) is 0 Å². The Kier molecular flexibility index (Phi) is 4.86. The molecule has 0 spiro atoms. The first-order valence-corrected chi connectivity index (χ1v) is 9.39. The average molecular weight is 382 g/mol. The average Bonchev–Trinajstić information content (AvgIpc) is 2.98. The van der Waals surface area contributed by atoms with Gasteiger partial charge in [0, 0.05) is 11.6 Å². The van der Waals surface area contributed by atoms with Gasteiger partial charge in [0.25, 0.3) is 5.91 Å². The summed E-state index contributed by atoms with van der Waals surface area (Å²) in [6.07, 6.45) is 1.80. The van der Waals surface area contributed by atoms with Crippen molar-refractivity contribution >= 4 is 23.5 Å². The molecule has 0 radical (unpaired) electrons. The number of rotatable bonds is 5. The minimum absolute atomic E-state index is 0.0227. The minimum Gasteiger partial charge on any atom is -0.333 e. The van der Waals surface area contributed by atoms with E-state index in [2.05, 4.69) is 22.8 Å². The van der Waals surface area contributed by atoms with E-state index in [-0.39, 0.29) is 11.9 Å². The zero-order chi connectivity index (χ0) is 18.8. The number of hydrogen-bond donors (Lipinski definition) is 2. The van der Waals surface area contributed by atoms with Crippen LogP contribution in [0.25, 0.3) is 0 Å². The van der Waals surface area contributed by atoms with E-state index in [1.54, 1.807) is 12.1 Å². The summed E-state index contributed by atoms with van der Waals surface area (Å²) in [6, 6.07) is 16.7. The lowest BCUT2D eigenvalue weighted by Gasteiger charge is -2.25. The first-order chi connectivity index (χ1) is 13.1. The Morgan fingerprint density at radius 1 is 1.04 bits per heavy atom. The van der Waals surface area contributed by atoms with Gasteiger partial charge < -0.3 is 15.5 Å². The fourth-order valence-electron chi connectivity index (χ4n) is 3.63. The van der Waals surface area contributed by atoms with Crippen molar-refractivity contribution in [3.05, 3.63) is 82.0 Å². The van der Waals surface area contributed by atoms with Crippen molar-refractivity contribution in [1.82, 2.24) is 15.5 Å². The minimum atomic E-state index is -0.447. The van der Waals surface area contributed by atoms with Crippen LogP contribution in [0.1, 0.15) is 23.6 Å². The first-order valence-electron chi connectivity index (χ1n) is 9.01. The number of urea groups is 1. The van der Waals surface area contributed by atoms with Gasteiger partial charge in [0.2, 0.25) is 0 Å². The van der Waals surface area contributed by atoms with Crippen LogP contribution in [0, 0.1) is 0 Å². The van der Waals surface area contributed by atoms with Crippen molar-refractivity contribution in [2.45, 2.75) is 18.9 Å². The number of hydrogen-bond acceptors (Lipinski definition) is 2. The van der Waals surface area contributed by atoms with E-state index in [0.717, 1.165) is 18.4 Å². The van der Waals surface area contributed by atoms with E-state index in [4.69, 9.17) is 11.6 Å². The summed E-state index contributed by atoms with van der Waals surface area (Å²) in [5, 5.41) is 6.28. The maximum Gasteiger partial charge on any atom is 0.319 e. The summed E-state index contributed by atoms with van der Waals surface area (Å²) < 4.78 is 0. The summed E-state index contributed by atoms with van der Waals surface area (Å²) >= 11 is 5.96. The van der Waals surface area contributed by atoms with Crippen LogP contribution in [0.4, 0.5) is 4.79 Å². The number of nitrogens with zero attached hydrogens (tertiary/aromatic N) is 1.